The minimum atomic E-state index is -1.31. The third-order valence-electron chi connectivity index (χ3n) is 4.29. The van der Waals surface area contributed by atoms with Crippen molar-refractivity contribution < 1.29 is 14.4 Å². The van der Waals surface area contributed by atoms with E-state index in [9.17, 15) is 14.4 Å². The van der Waals surface area contributed by atoms with E-state index in [4.69, 9.17) is 11.6 Å². The van der Waals surface area contributed by atoms with Crippen molar-refractivity contribution in [1.29, 1.82) is 0 Å². The van der Waals surface area contributed by atoms with Crippen LogP contribution >= 0.6 is 11.6 Å². The van der Waals surface area contributed by atoms with Gasteiger partial charge in [0.2, 0.25) is 5.91 Å². The van der Waals surface area contributed by atoms with Gasteiger partial charge in [-0.25, -0.2) is 4.79 Å². The van der Waals surface area contributed by atoms with Gasteiger partial charge in [-0.15, -0.1) is 0 Å². The summed E-state index contributed by atoms with van der Waals surface area (Å²) in [4.78, 5) is 38.3. The van der Waals surface area contributed by atoms with Gasteiger partial charge in [-0.1, -0.05) is 41.9 Å². The number of amides is 4. The Hall–Kier alpha value is -2.86. The number of nitrogens with zero attached hydrogens (tertiary/aromatic N) is 1. The molecule has 0 saturated carbocycles. The molecule has 2 aromatic rings. The lowest BCUT2D eigenvalue weighted by Crippen LogP contribution is -2.42. The molecule has 1 aliphatic rings. The van der Waals surface area contributed by atoms with Gasteiger partial charge in [0.1, 0.15) is 12.1 Å². The first-order valence-electron chi connectivity index (χ1n) is 8.07. The van der Waals surface area contributed by atoms with Crippen molar-refractivity contribution in [2.75, 3.05) is 11.9 Å². The molecule has 0 unspecified atom stereocenters. The van der Waals surface area contributed by atoms with Gasteiger partial charge in [0.05, 0.1) is 0 Å². The van der Waals surface area contributed by atoms with Crippen LogP contribution in [0.1, 0.15) is 18.1 Å². The number of hydrogen-bond acceptors (Lipinski definition) is 3. The zero-order chi connectivity index (χ0) is 18.9. The second-order valence-electron chi connectivity index (χ2n) is 6.34. The van der Waals surface area contributed by atoms with Crippen molar-refractivity contribution in [3.05, 3.63) is 64.7 Å². The van der Waals surface area contributed by atoms with Gasteiger partial charge in [-0.2, -0.15) is 0 Å². The zero-order valence-electron chi connectivity index (χ0n) is 14.4. The molecule has 0 aromatic heterocycles. The van der Waals surface area contributed by atoms with Gasteiger partial charge < -0.3 is 10.6 Å². The molecule has 0 spiro atoms. The largest absolute Gasteiger partial charge is 0.325 e. The van der Waals surface area contributed by atoms with E-state index >= 15 is 0 Å². The number of carbonyl (C=O) groups excluding carboxylic acids is 3. The maximum absolute atomic E-state index is 12.8. The summed E-state index contributed by atoms with van der Waals surface area (Å²) >= 11 is 6.18. The third-order valence-corrected chi connectivity index (χ3v) is 4.62. The Bertz CT molecular complexity index is 899. The molecule has 6 nitrogen and oxygen atoms in total. The Morgan fingerprint density at radius 1 is 1.19 bits per heavy atom. The first kappa shape index (κ1) is 17.9. The van der Waals surface area contributed by atoms with Gasteiger partial charge in [0, 0.05) is 16.3 Å². The third kappa shape index (κ3) is 3.28. The van der Waals surface area contributed by atoms with Gasteiger partial charge in [-0.05, 0) is 37.6 Å². The highest BCUT2D eigenvalue weighted by molar-refractivity contribution is 6.32. The Kier molecular flexibility index (Phi) is 4.70. The first-order chi connectivity index (χ1) is 12.3. The monoisotopic (exact) mass is 371 g/mol. The summed E-state index contributed by atoms with van der Waals surface area (Å²) in [5.74, 6) is -0.975. The quantitative estimate of drug-likeness (QED) is 0.811. The van der Waals surface area contributed by atoms with Crippen LogP contribution in [0.5, 0.6) is 0 Å². The van der Waals surface area contributed by atoms with Crippen LogP contribution in [0.25, 0.3) is 0 Å². The number of carbonyl (C=O) groups is 3. The summed E-state index contributed by atoms with van der Waals surface area (Å²) < 4.78 is 0. The molecule has 0 radical (unpaired) electrons. The molecule has 7 heteroatoms. The molecule has 134 valence electrons. The van der Waals surface area contributed by atoms with Crippen molar-refractivity contribution in [1.82, 2.24) is 10.2 Å². The van der Waals surface area contributed by atoms with Crippen LogP contribution in [-0.4, -0.2) is 29.3 Å². The smallest absolute Gasteiger partial charge is 0.325 e. The number of imide groups is 1. The number of halogens is 1. The highest BCUT2D eigenvalue weighted by Crippen LogP contribution is 2.33. The van der Waals surface area contributed by atoms with Crippen LogP contribution in [0, 0.1) is 6.92 Å². The fraction of sp³-hybridized carbons (Fsp3) is 0.211. The van der Waals surface area contributed by atoms with Crippen molar-refractivity contribution >= 4 is 35.1 Å². The van der Waals surface area contributed by atoms with E-state index in [0.717, 1.165) is 10.5 Å². The average Bonchev–Trinajstić information content (AvgIpc) is 2.79. The van der Waals surface area contributed by atoms with Crippen LogP contribution in [0.15, 0.2) is 48.5 Å². The molecule has 2 aromatic carbocycles. The predicted octanol–water partition coefficient (Wildman–Crippen LogP) is 3.05. The van der Waals surface area contributed by atoms with E-state index in [0.29, 0.717) is 16.3 Å². The van der Waals surface area contributed by atoms with Gasteiger partial charge in [0.25, 0.3) is 5.91 Å². The summed E-state index contributed by atoms with van der Waals surface area (Å²) in [6.07, 6.45) is 0. The molecule has 2 N–H and O–H groups in total. The van der Waals surface area contributed by atoms with E-state index in [1.165, 1.54) is 0 Å². The van der Waals surface area contributed by atoms with Crippen molar-refractivity contribution in [3.8, 4) is 0 Å². The molecule has 1 aliphatic heterocycles. The number of rotatable bonds is 4. The van der Waals surface area contributed by atoms with E-state index in [1.807, 2.05) is 19.1 Å². The Morgan fingerprint density at radius 2 is 1.92 bits per heavy atom. The van der Waals surface area contributed by atoms with Gasteiger partial charge >= 0.3 is 6.03 Å². The molecule has 1 fully saturated rings. The zero-order valence-corrected chi connectivity index (χ0v) is 15.1. The lowest BCUT2D eigenvalue weighted by molar-refractivity contribution is -0.133. The molecule has 4 amide bonds. The van der Waals surface area contributed by atoms with E-state index in [-0.39, 0.29) is 6.54 Å². The summed E-state index contributed by atoms with van der Waals surface area (Å²) in [5, 5.41) is 5.70. The first-order valence-corrected chi connectivity index (χ1v) is 8.45. The molecule has 26 heavy (non-hydrogen) atoms. The lowest BCUT2D eigenvalue weighted by atomic mass is 9.92. The SMILES string of the molecule is Cc1cccc(NC(=O)CN2C(=O)N[C@@](C)(c3ccccc3Cl)C2=O)c1. The molecule has 1 atom stereocenters. The highest BCUT2D eigenvalue weighted by Gasteiger charge is 2.50. The van der Waals surface area contributed by atoms with Crippen LogP contribution in [-0.2, 0) is 15.1 Å². The Morgan fingerprint density at radius 3 is 2.62 bits per heavy atom. The highest BCUT2D eigenvalue weighted by atomic mass is 35.5. The van der Waals surface area contributed by atoms with Crippen molar-refractivity contribution in [3.63, 3.8) is 0 Å². The van der Waals surface area contributed by atoms with Crippen LogP contribution in [0.4, 0.5) is 10.5 Å². The van der Waals surface area contributed by atoms with Crippen LogP contribution < -0.4 is 10.6 Å². The summed E-state index contributed by atoms with van der Waals surface area (Å²) in [5.41, 5.74) is 0.778. The Labute approximate surface area is 156 Å². The number of aryl methyl sites for hydroxylation is 1. The molecular formula is C19H18ClN3O3. The number of benzene rings is 2. The van der Waals surface area contributed by atoms with Gasteiger partial charge in [-0.3, -0.25) is 14.5 Å². The lowest BCUT2D eigenvalue weighted by Gasteiger charge is -2.23. The molecule has 1 heterocycles. The Balaban J connectivity index is 1.77. The van der Waals surface area contributed by atoms with Crippen LogP contribution in [0.3, 0.4) is 0 Å². The minimum Gasteiger partial charge on any atom is -0.325 e. The second kappa shape index (κ2) is 6.80. The fourth-order valence-corrected chi connectivity index (χ4v) is 3.28. The normalized spacial score (nSPS) is 19.4. The fourth-order valence-electron chi connectivity index (χ4n) is 2.96. The van der Waals surface area contributed by atoms with E-state index < -0.39 is 23.4 Å². The number of hydrogen-bond donors (Lipinski definition) is 2. The number of anilines is 1. The van der Waals surface area contributed by atoms with Crippen molar-refractivity contribution in [2.45, 2.75) is 19.4 Å². The average molecular weight is 372 g/mol. The number of urea groups is 1. The number of nitrogens with one attached hydrogen (secondary N) is 2. The summed E-state index contributed by atoms with van der Waals surface area (Å²) in [6.45, 7) is 3.10. The summed E-state index contributed by atoms with van der Waals surface area (Å²) in [7, 11) is 0. The standard InChI is InChI=1S/C19H18ClN3O3/c1-12-6-5-7-13(10-12)21-16(24)11-23-17(25)19(2,22-18(23)26)14-8-3-4-9-15(14)20/h3-10H,11H2,1-2H3,(H,21,24)(H,22,26)/t19-/m0/s1. The van der Waals surface area contributed by atoms with E-state index in [2.05, 4.69) is 10.6 Å². The maximum Gasteiger partial charge on any atom is 0.325 e. The molecule has 0 bridgehead atoms. The molecular weight excluding hydrogens is 354 g/mol. The van der Waals surface area contributed by atoms with E-state index in [1.54, 1.807) is 43.3 Å². The van der Waals surface area contributed by atoms with Crippen molar-refractivity contribution in [2.24, 2.45) is 0 Å². The summed E-state index contributed by atoms with van der Waals surface area (Å²) in [6, 6.07) is 13.4. The minimum absolute atomic E-state index is 0.370. The predicted molar refractivity (Wildman–Crippen MR) is 98.9 cm³/mol. The second-order valence-corrected chi connectivity index (χ2v) is 6.75. The van der Waals surface area contributed by atoms with Gasteiger partial charge in [0.15, 0.2) is 0 Å². The maximum atomic E-state index is 12.8. The molecule has 1 saturated heterocycles. The topological polar surface area (TPSA) is 78.5 Å². The molecule has 0 aliphatic carbocycles. The molecule has 3 rings (SSSR count). The van der Waals surface area contributed by atoms with Crippen LogP contribution in [0.2, 0.25) is 5.02 Å².